The molecule has 1 heterocycles. The largest absolute Gasteiger partial charge is 0.372 e. The van der Waals surface area contributed by atoms with E-state index in [1.54, 1.807) is 0 Å². The summed E-state index contributed by atoms with van der Waals surface area (Å²) >= 11 is 0. The van der Waals surface area contributed by atoms with E-state index in [-0.39, 0.29) is 0 Å². The first-order chi connectivity index (χ1) is 8.24. The van der Waals surface area contributed by atoms with Crippen LogP contribution in [0.3, 0.4) is 0 Å². The van der Waals surface area contributed by atoms with Gasteiger partial charge in [0.2, 0.25) is 0 Å². The molecule has 0 aliphatic heterocycles. The Bertz CT molecular complexity index is 503. The third kappa shape index (κ3) is 2.44. The fourth-order valence-corrected chi connectivity index (χ4v) is 1.79. The molecule has 0 atom stereocenters. The highest BCUT2D eigenvalue weighted by Gasteiger charge is 2.05. The lowest BCUT2D eigenvalue weighted by Crippen LogP contribution is -1.98. The Balaban J connectivity index is 2.38. The van der Waals surface area contributed by atoms with Crippen molar-refractivity contribution in [3.8, 4) is 11.3 Å². The Morgan fingerprint density at radius 1 is 1.12 bits per heavy atom. The van der Waals surface area contributed by atoms with Gasteiger partial charge in [0, 0.05) is 12.6 Å². The highest BCUT2D eigenvalue weighted by molar-refractivity contribution is 5.64. The molecule has 0 aliphatic rings. The predicted octanol–water partition coefficient (Wildman–Crippen LogP) is 3.06. The molecule has 1 aromatic carbocycles. The monoisotopic (exact) mass is 227 g/mol. The Morgan fingerprint density at radius 2 is 1.82 bits per heavy atom. The van der Waals surface area contributed by atoms with Crippen molar-refractivity contribution in [1.29, 1.82) is 0 Å². The lowest BCUT2D eigenvalue weighted by atomic mass is 10.0. The van der Waals surface area contributed by atoms with Gasteiger partial charge < -0.3 is 5.32 Å². The van der Waals surface area contributed by atoms with E-state index < -0.39 is 0 Å². The van der Waals surface area contributed by atoms with Crippen molar-refractivity contribution in [2.24, 2.45) is 0 Å². The maximum absolute atomic E-state index is 4.26. The molecule has 3 nitrogen and oxygen atoms in total. The van der Waals surface area contributed by atoms with Gasteiger partial charge in [-0.1, -0.05) is 31.2 Å². The number of benzene rings is 1. The molecule has 2 rings (SSSR count). The van der Waals surface area contributed by atoms with Gasteiger partial charge in [0.05, 0.1) is 5.69 Å². The topological polar surface area (TPSA) is 37.8 Å². The molecule has 17 heavy (non-hydrogen) atoms. The van der Waals surface area contributed by atoms with Crippen LogP contribution in [0.1, 0.15) is 18.1 Å². The van der Waals surface area contributed by atoms with Crippen molar-refractivity contribution in [1.82, 2.24) is 10.2 Å². The summed E-state index contributed by atoms with van der Waals surface area (Å²) in [6.07, 6.45) is 1.06. The Hall–Kier alpha value is -1.90. The van der Waals surface area contributed by atoms with Gasteiger partial charge in [-0.15, -0.1) is 10.2 Å². The van der Waals surface area contributed by atoms with Crippen LogP contribution in [0.4, 0.5) is 5.82 Å². The van der Waals surface area contributed by atoms with Gasteiger partial charge in [-0.05, 0) is 30.5 Å². The molecule has 1 N–H and O–H groups in total. The van der Waals surface area contributed by atoms with Crippen LogP contribution in [0.25, 0.3) is 11.3 Å². The molecule has 0 spiro atoms. The molecule has 88 valence electrons. The Morgan fingerprint density at radius 3 is 2.35 bits per heavy atom. The maximum Gasteiger partial charge on any atom is 0.148 e. The number of anilines is 1. The van der Waals surface area contributed by atoms with Crippen molar-refractivity contribution in [2.45, 2.75) is 20.3 Å². The summed E-state index contributed by atoms with van der Waals surface area (Å²) in [5, 5.41) is 11.4. The summed E-state index contributed by atoms with van der Waals surface area (Å²) in [7, 11) is 1.85. The molecule has 0 saturated carbocycles. The van der Waals surface area contributed by atoms with E-state index in [0.717, 1.165) is 29.1 Å². The second kappa shape index (κ2) is 4.95. The molecular formula is C14H17N3. The zero-order valence-corrected chi connectivity index (χ0v) is 10.5. The van der Waals surface area contributed by atoms with E-state index in [2.05, 4.69) is 53.6 Å². The number of rotatable bonds is 3. The predicted molar refractivity (Wildman–Crippen MR) is 71.1 cm³/mol. The lowest BCUT2D eigenvalue weighted by Gasteiger charge is -2.06. The normalized spacial score (nSPS) is 10.3. The number of hydrogen-bond donors (Lipinski definition) is 1. The minimum absolute atomic E-state index is 0.802. The molecule has 0 aliphatic carbocycles. The fraction of sp³-hybridized carbons (Fsp3) is 0.286. The first-order valence-electron chi connectivity index (χ1n) is 5.86. The second-order valence-corrected chi connectivity index (χ2v) is 4.06. The van der Waals surface area contributed by atoms with Crippen LogP contribution in [0.15, 0.2) is 30.3 Å². The zero-order chi connectivity index (χ0) is 12.3. The minimum Gasteiger partial charge on any atom is -0.372 e. The summed E-state index contributed by atoms with van der Waals surface area (Å²) < 4.78 is 0. The zero-order valence-electron chi connectivity index (χ0n) is 10.5. The highest BCUT2D eigenvalue weighted by atomic mass is 15.2. The Kier molecular flexibility index (Phi) is 3.38. The number of aryl methyl sites for hydroxylation is 2. The van der Waals surface area contributed by atoms with Crippen molar-refractivity contribution >= 4 is 5.82 Å². The van der Waals surface area contributed by atoms with Crippen LogP contribution in [-0.2, 0) is 6.42 Å². The van der Waals surface area contributed by atoms with Crippen LogP contribution in [-0.4, -0.2) is 17.2 Å². The highest BCUT2D eigenvalue weighted by Crippen LogP contribution is 2.22. The van der Waals surface area contributed by atoms with Gasteiger partial charge >= 0.3 is 0 Å². The van der Waals surface area contributed by atoms with Gasteiger partial charge in [-0.25, -0.2) is 0 Å². The van der Waals surface area contributed by atoms with Crippen LogP contribution < -0.4 is 5.32 Å². The van der Waals surface area contributed by atoms with Crippen LogP contribution in [0.2, 0.25) is 0 Å². The average molecular weight is 227 g/mol. The van der Waals surface area contributed by atoms with Gasteiger partial charge in [-0.2, -0.15) is 0 Å². The molecular weight excluding hydrogens is 210 g/mol. The van der Waals surface area contributed by atoms with Gasteiger partial charge in [-0.3, -0.25) is 0 Å². The SMILES string of the molecule is CCc1ccc(-c2nnc(NC)cc2C)cc1. The standard InChI is InChI=1S/C14H17N3/c1-4-11-5-7-12(8-6-11)14-10(2)9-13(15-3)16-17-14/h5-9H,4H2,1-3H3,(H,15,16). The molecule has 0 fully saturated rings. The molecule has 1 aromatic heterocycles. The van der Waals surface area contributed by atoms with Gasteiger partial charge in [0.15, 0.2) is 0 Å². The van der Waals surface area contributed by atoms with Crippen LogP contribution in [0.5, 0.6) is 0 Å². The third-order valence-corrected chi connectivity index (χ3v) is 2.88. The number of nitrogens with one attached hydrogen (secondary N) is 1. The second-order valence-electron chi connectivity index (χ2n) is 4.06. The number of nitrogens with zero attached hydrogens (tertiary/aromatic N) is 2. The molecule has 2 aromatic rings. The van der Waals surface area contributed by atoms with E-state index in [1.807, 2.05) is 13.1 Å². The molecule has 0 unspecified atom stereocenters. The van der Waals surface area contributed by atoms with Crippen molar-refractivity contribution < 1.29 is 0 Å². The summed E-state index contributed by atoms with van der Waals surface area (Å²) in [4.78, 5) is 0. The van der Waals surface area contributed by atoms with Crippen molar-refractivity contribution in [3.05, 3.63) is 41.5 Å². The minimum atomic E-state index is 0.802. The summed E-state index contributed by atoms with van der Waals surface area (Å²) in [6.45, 7) is 4.21. The van der Waals surface area contributed by atoms with Crippen molar-refractivity contribution in [3.63, 3.8) is 0 Å². The molecule has 0 amide bonds. The van der Waals surface area contributed by atoms with Crippen molar-refractivity contribution in [2.75, 3.05) is 12.4 Å². The first kappa shape index (κ1) is 11.6. The van der Waals surface area contributed by atoms with Crippen LogP contribution in [0, 0.1) is 6.92 Å². The Labute approximate surface area is 102 Å². The number of hydrogen-bond acceptors (Lipinski definition) is 3. The molecule has 3 heteroatoms. The van der Waals surface area contributed by atoms with E-state index in [9.17, 15) is 0 Å². The first-order valence-corrected chi connectivity index (χ1v) is 5.86. The quantitative estimate of drug-likeness (QED) is 0.875. The van der Waals surface area contributed by atoms with Gasteiger partial charge in [0.1, 0.15) is 5.82 Å². The van der Waals surface area contributed by atoms with Crippen LogP contribution >= 0.6 is 0 Å². The lowest BCUT2D eigenvalue weighted by molar-refractivity contribution is 1.02. The maximum atomic E-state index is 4.26. The molecule has 0 bridgehead atoms. The van der Waals surface area contributed by atoms with E-state index in [1.165, 1.54) is 5.56 Å². The van der Waals surface area contributed by atoms with E-state index in [4.69, 9.17) is 0 Å². The molecule has 0 saturated heterocycles. The van der Waals surface area contributed by atoms with E-state index >= 15 is 0 Å². The third-order valence-electron chi connectivity index (χ3n) is 2.88. The summed E-state index contributed by atoms with van der Waals surface area (Å²) in [5.41, 5.74) is 4.54. The fourth-order valence-electron chi connectivity index (χ4n) is 1.79. The summed E-state index contributed by atoms with van der Waals surface area (Å²) in [6, 6.07) is 10.5. The van der Waals surface area contributed by atoms with Gasteiger partial charge in [0.25, 0.3) is 0 Å². The number of aromatic nitrogens is 2. The molecule has 0 radical (unpaired) electrons. The van der Waals surface area contributed by atoms with E-state index in [0.29, 0.717) is 0 Å². The smallest absolute Gasteiger partial charge is 0.148 e. The average Bonchev–Trinajstić information content (AvgIpc) is 2.39. The summed E-state index contributed by atoms with van der Waals surface area (Å²) in [5.74, 6) is 0.802.